The highest BCUT2D eigenvalue weighted by Gasteiger charge is 2.40. The highest BCUT2D eigenvalue weighted by Crippen LogP contribution is 2.55. The van der Waals surface area contributed by atoms with Crippen molar-refractivity contribution in [3.05, 3.63) is 226 Å². The molecule has 8 aromatic carbocycles. The van der Waals surface area contributed by atoms with Crippen molar-refractivity contribution < 1.29 is 0 Å². The molecule has 3 saturated carbocycles. The molecule has 6 bridgehead atoms. The van der Waals surface area contributed by atoms with E-state index < -0.39 is 0 Å². The number of para-hydroxylation sites is 1. The van der Waals surface area contributed by atoms with Gasteiger partial charge in [-0.3, -0.25) is 0 Å². The normalized spacial score (nSPS) is 19.9. The summed E-state index contributed by atoms with van der Waals surface area (Å²) in [5, 5.41) is 0. The van der Waals surface area contributed by atoms with Gasteiger partial charge in [-0.15, -0.1) is 0 Å². The summed E-state index contributed by atoms with van der Waals surface area (Å²) >= 11 is 0. The van der Waals surface area contributed by atoms with E-state index in [1.54, 1.807) is 0 Å². The molecule has 8 aromatic rings. The molecule has 0 N–H and O–H groups in total. The Kier molecular flexibility index (Phi) is 11.6. The second-order valence-electron chi connectivity index (χ2n) is 22.5. The van der Waals surface area contributed by atoms with Gasteiger partial charge in [0.2, 0.25) is 0 Å². The van der Waals surface area contributed by atoms with E-state index in [4.69, 9.17) is 0 Å². The number of hydrogen-bond acceptors (Lipinski definition) is 2. The number of hydrogen-bond donors (Lipinski definition) is 0. The van der Waals surface area contributed by atoms with Crippen molar-refractivity contribution in [1.29, 1.82) is 0 Å². The van der Waals surface area contributed by atoms with Crippen LogP contribution < -0.4 is 9.80 Å². The predicted octanol–water partition coefficient (Wildman–Crippen LogP) is 18.8. The first-order chi connectivity index (χ1) is 34.9. The monoisotopic (exact) mass is 925 g/mol. The number of rotatable bonds is 9. The lowest BCUT2D eigenvalue weighted by Crippen LogP contribution is -2.18. The van der Waals surface area contributed by atoms with Gasteiger partial charge in [0.05, 0.1) is 5.69 Å². The molecule has 2 heteroatoms. The molecule has 16 rings (SSSR count). The van der Waals surface area contributed by atoms with E-state index in [0.717, 1.165) is 43.4 Å². The van der Waals surface area contributed by atoms with Crippen LogP contribution >= 0.6 is 0 Å². The molecule has 0 spiro atoms. The first-order valence-corrected chi connectivity index (χ1v) is 27.4. The number of anilines is 6. The lowest BCUT2D eigenvalue weighted by atomic mass is 9.81. The van der Waals surface area contributed by atoms with Gasteiger partial charge >= 0.3 is 0 Å². The van der Waals surface area contributed by atoms with Crippen LogP contribution in [0.4, 0.5) is 34.1 Å². The van der Waals surface area contributed by atoms with Gasteiger partial charge in [-0.05, 0) is 203 Å². The third-order valence-electron chi connectivity index (χ3n) is 18.0. The van der Waals surface area contributed by atoms with Crippen LogP contribution in [0.5, 0.6) is 0 Å². The van der Waals surface area contributed by atoms with Crippen molar-refractivity contribution >= 4 is 34.1 Å². The molecule has 3 fully saturated rings. The van der Waals surface area contributed by atoms with Crippen LogP contribution in [0, 0.1) is 11.8 Å². The molecule has 0 aromatic heterocycles. The summed E-state index contributed by atoms with van der Waals surface area (Å²) < 4.78 is 0. The maximum atomic E-state index is 2.66. The maximum Gasteiger partial charge on any atom is 0.0543 e. The van der Waals surface area contributed by atoms with Crippen molar-refractivity contribution in [3.8, 4) is 22.3 Å². The molecular weight excluding hydrogens is 857 g/mol. The quantitative estimate of drug-likeness (QED) is 0.133. The second-order valence-corrected chi connectivity index (χ2v) is 22.5. The van der Waals surface area contributed by atoms with E-state index in [2.05, 4.69) is 206 Å². The zero-order valence-corrected chi connectivity index (χ0v) is 41.9. The fourth-order valence-corrected chi connectivity index (χ4v) is 14.1. The molecule has 71 heavy (non-hydrogen) atoms. The van der Waals surface area contributed by atoms with Gasteiger partial charge in [-0.1, -0.05) is 167 Å². The summed E-state index contributed by atoms with van der Waals surface area (Å²) in [5.74, 6) is 3.19. The fourth-order valence-electron chi connectivity index (χ4n) is 14.1. The molecule has 0 saturated heterocycles. The van der Waals surface area contributed by atoms with E-state index in [1.165, 1.54) is 165 Å². The van der Waals surface area contributed by atoms with Gasteiger partial charge in [-0.2, -0.15) is 0 Å². The summed E-state index contributed by atoms with van der Waals surface area (Å²) in [6.07, 6.45) is 17.4. The Morgan fingerprint density at radius 3 is 1.65 bits per heavy atom. The summed E-state index contributed by atoms with van der Waals surface area (Å²) in [6, 6.07) is 70.9. The molecule has 8 aliphatic rings. The lowest BCUT2D eigenvalue weighted by molar-refractivity contribution is 0.420. The lowest BCUT2D eigenvalue weighted by Gasteiger charge is -2.33. The molecule has 0 amide bonds. The Bertz CT molecular complexity index is 3190. The number of benzene rings is 8. The molecule has 8 aliphatic carbocycles. The smallest absolute Gasteiger partial charge is 0.0543 e. The van der Waals surface area contributed by atoms with Crippen molar-refractivity contribution in [2.45, 2.75) is 121 Å². The molecule has 3 atom stereocenters. The van der Waals surface area contributed by atoms with Crippen molar-refractivity contribution in [2.24, 2.45) is 11.8 Å². The van der Waals surface area contributed by atoms with Crippen LogP contribution in [0.15, 0.2) is 182 Å². The van der Waals surface area contributed by atoms with E-state index in [-0.39, 0.29) is 5.41 Å². The Balaban J connectivity index is 0.923. The molecule has 0 aliphatic heterocycles. The average molecular weight is 925 g/mol. The Hall–Kier alpha value is -6.64. The Labute approximate surface area is 423 Å². The summed E-state index contributed by atoms with van der Waals surface area (Å²) in [4.78, 5) is 5.20. The van der Waals surface area contributed by atoms with Gasteiger partial charge in [0, 0.05) is 39.4 Å². The third-order valence-corrected chi connectivity index (χ3v) is 18.0. The maximum absolute atomic E-state index is 2.66. The minimum absolute atomic E-state index is 0.138. The predicted molar refractivity (Wildman–Crippen MR) is 299 cm³/mol. The first-order valence-electron chi connectivity index (χ1n) is 27.4. The highest BCUT2D eigenvalue weighted by molar-refractivity contribution is 5.95. The number of fused-ring (bicyclic) bond motifs is 5. The summed E-state index contributed by atoms with van der Waals surface area (Å²) in [6.45, 7) is 4.85. The molecule has 0 radical (unpaired) electrons. The highest BCUT2D eigenvalue weighted by atomic mass is 15.2. The van der Waals surface area contributed by atoms with Gasteiger partial charge in [0.25, 0.3) is 0 Å². The zero-order chi connectivity index (χ0) is 47.5. The number of aryl methyl sites for hydroxylation is 4. The van der Waals surface area contributed by atoms with Crippen molar-refractivity contribution in [1.82, 2.24) is 0 Å². The first kappa shape index (κ1) is 44.3. The summed E-state index contributed by atoms with van der Waals surface area (Å²) in [5.41, 5.74) is 24.0. The SMILES string of the molecule is CC1(C)c2ccccc2-c2cc(-c3ccccc3)c(N(c3ccc(C4CCCCCC4)cc3)c3cc4ccc3CCc3ccc(c(N(c5ccccc5)c5ccc(C6CC7CCC6C7)cc5)c3)CC4)cc21. The zero-order valence-electron chi connectivity index (χ0n) is 41.9. The van der Waals surface area contributed by atoms with Gasteiger partial charge in [0.1, 0.15) is 0 Å². The van der Waals surface area contributed by atoms with Crippen LogP contribution in [0.2, 0.25) is 0 Å². The Morgan fingerprint density at radius 2 is 1.00 bits per heavy atom. The molecule has 354 valence electrons. The Morgan fingerprint density at radius 1 is 0.408 bits per heavy atom. The van der Waals surface area contributed by atoms with E-state index in [9.17, 15) is 0 Å². The molecular formula is C69H68N2. The molecule has 0 heterocycles. The minimum Gasteiger partial charge on any atom is -0.310 e. The van der Waals surface area contributed by atoms with E-state index >= 15 is 0 Å². The van der Waals surface area contributed by atoms with Gasteiger partial charge in [-0.25, -0.2) is 0 Å². The topological polar surface area (TPSA) is 6.48 Å². The largest absolute Gasteiger partial charge is 0.310 e. The average Bonchev–Trinajstić information content (AvgIpc) is 4.03. The van der Waals surface area contributed by atoms with Crippen molar-refractivity contribution in [2.75, 3.05) is 9.80 Å². The molecule has 3 unspecified atom stereocenters. The van der Waals surface area contributed by atoms with Gasteiger partial charge < -0.3 is 9.80 Å². The van der Waals surface area contributed by atoms with Crippen LogP contribution in [0.25, 0.3) is 22.3 Å². The van der Waals surface area contributed by atoms with Crippen LogP contribution in [0.3, 0.4) is 0 Å². The van der Waals surface area contributed by atoms with Gasteiger partial charge in [0.15, 0.2) is 0 Å². The van der Waals surface area contributed by atoms with Crippen molar-refractivity contribution in [3.63, 3.8) is 0 Å². The van der Waals surface area contributed by atoms with E-state index in [0.29, 0.717) is 5.92 Å². The standard InChI is InChI=1S/C69H68N2/c1-69(2)64-22-14-13-21-60(64)63-45-62(52-17-9-5-10-18-52)68(46-65(63)69)71(59-37-33-51(34-38-59)50-15-7-3-4-8-16-50)67-44-48-24-29-54-28-23-47(25-30-55(67)31-26-48)43-66(54)70(57-19-11-6-12-20-57)58-39-35-53(36-40-58)61-42-49-27-32-56(61)41-49/h5-6,9-14,17-23,26,28,31,33-40,43-46,49-50,56,61H,3-4,7-8,15-16,24-25,27,29-30,32,41-42H2,1-2H3. The second kappa shape index (κ2) is 18.5. The fraction of sp³-hybridized carbons (Fsp3) is 0.304. The molecule has 2 nitrogen and oxygen atoms in total. The van der Waals surface area contributed by atoms with E-state index in [1.807, 2.05) is 0 Å². The summed E-state index contributed by atoms with van der Waals surface area (Å²) in [7, 11) is 0. The minimum atomic E-state index is -0.138. The number of nitrogens with zero attached hydrogens (tertiary/aromatic N) is 2. The van der Waals surface area contributed by atoms with Crippen LogP contribution in [-0.2, 0) is 31.1 Å². The third kappa shape index (κ3) is 8.22. The van der Waals surface area contributed by atoms with Crippen LogP contribution in [0.1, 0.15) is 134 Å². The van der Waals surface area contributed by atoms with Crippen LogP contribution in [-0.4, -0.2) is 0 Å².